The van der Waals surface area contributed by atoms with Gasteiger partial charge in [0.05, 0.1) is 7.11 Å². The summed E-state index contributed by atoms with van der Waals surface area (Å²) in [6.07, 6.45) is -0.451. The summed E-state index contributed by atoms with van der Waals surface area (Å²) < 4.78 is 16.0. The van der Waals surface area contributed by atoms with Crippen LogP contribution >= 0.6 is 0 Å². The van der Waals surface area contributed by atoms with E-state index in [4.69, 9.17) is 14.2 Å². The van der Waals surface area contributed by atoms with E-state index in [1.165, 1.54) is 26.0 Å². The van der Waals surface area contributed by atoms with E-state index in [2.05, 4.69) is 5.32 Å². The Bertz CT molecular complexity index is 1150. The number of nitrogens with zero attached hydrogens (tertiary/aromatic N) is 1. The molecule has 3 aromatic carbocycles. The number of hydrogen-bond donors (Lipinski definition) is 1. The van der Waals surface area contributed by atoms with Gasteiger partial charge in [-0.05, 0) is 35.7 Å². The van der Waals surface area contributed by atoms with Crippen molar-refractivity contribution in [3.8, 4) is 5.75 Å². The Balaban J connectivity index is 1.68. The lowest BCUT2D eigenvalue weighted by atomic mass is 10.0. The molecule has 0 aromatic heterocycles. The number of methoxy groups -OCH3 is 1. The fourth-order valence-corrected chi connectivity index (χ4v) is 3.59. The molecular formula is C29H32N2O6. The third-order valence-electron chi connectivity index (χ3n) is 5.78. The van der Waals surface area contributed by atoms with Crippen LogP contribution in [-0.2, 0) is 38.7 Å². The molecule has 1 N–H and O–H groups in total. The van der Waals surface area contributed by atoms with E-state index in [9.17, 15) is 14.4 Å². The highest BCUT2D eigenvalue weighted by Crippen LogP contribution is 2.17. The Morgan fingerprint density at radius 3 is 1.95 bits per heavy atom. The molecule has 3 rings (SSSR count). The summed E-state index contributed by atoms with van der Waals surface area (Å²) in [6, 6.07) is 24.6. The van der Waals surface area contributed by atoms with E-state index in [-0.39, 0.29) is 13.0 Å². The van der Waals surface area contributed by atoms with Crippen LogP contribution in [-0.4, -0.2) is 49.1 Å². The van der Waals surface area contributed by atoms with Gasteiger partial charge in [0, 0.05) is 13.5 Å². The highest BCUT2D eigenvalue weighted by molar-refractivity contribution is 5.89. The van der Waals surface area contributed by atoms with Gasteiger partial charge in [-0.15, -0.1) is 0 Å². The molecule has 194 valence electrons. The maximum absolute atomic E-state index is 13.1. The molecule has 2 amide bonds. The van der Waals surface area contributed by atoms with Crippen LogP contribution in [0.3, 0.4) is 0 Å². The number of amides is 2. The summed E-state index contributed by atoms with van der Waals surface area (Å²) in [5.74, 6) is -0.397. The van der Waals surface area contributed by atoms with Gasteiger partial charge < -0.3 is 19.5 Å². The third kappa shape index (κ3) is 8.38. The predicted octanol–water partition coefficient (Wildman–Crippen LogP) is 4.12. The SMILES string of the molecule is COC(=O)[C@@H](C)NC(=O)[C@H](Cc1ccc(OCc2ccccc2)cc1)N(C)C(=O)OCc1ccccc1. The number of rotatable bonds is 11. The van der Waals surface area contributed by atoms with Crippen molar-refractivity contribution in [3.05, 3.63) is 102 Å². The van der Waals surface area contributed by atoms with Crippen LogP contribution in [0.5, 0.6) is 5.75 Å². The van der Waals surface area contributed by atoms with Crippen molar-refractivity contribution in [1.82, 2.24) is 10.2 Å². The van der Waals surface area contributed by atoms with Crippen molar-refractivity contribution in [2.45, 2.75) is 38.6 Å². The standard InChI is InChI=1S/C29H32N2O6/c1-21(28(33)35-3)30-27(32)26(31(2)29(34)37-20-24-12-8-5-9-13-24)18-22-14-16-25(17-15-22)36-19-23-10-6-4-7-11-23/h4-17,21,26H,18-20H2,1-3H3,(H,30,32)/t21-,26+/m1/s1. The van der Waals surface area contributed by atoms with E-state index in [0.29, 0.717) is 12.4 Å². The van der Waals surface area contributed by atoms with Crippen molar-refractivity contribution >= 4 is 18.0 Å². The Morgan fingerprint density at radius 1 is 0.811 bits per heavy atom. The van der Waals surface area contributed by atoms with Crippen LogP contribution in [0.1, 0.15) is 23.6 Å². The minimum atomic E-state index is -0.925. The summed E-state index contributed by atoms with van der Waals surface area (Å²) in [5, 5.41) is 2.62. The summed E-state index contributed by atoms with van der Waals surface area (Å²) in [6.45, 7) is 2.03. The van der Waals surface area contributed by atoms with Gasteiger partial charge in [-0.1, -0.05) is 72.8 Å². The van der Waals surface area contributed by atoms with Crippen LogP contribution in [0.4, 0.5) is 4.79 Å². The van der Waals surface area contributed by atoms with Crippen LogP contribution < -0.4 is 10.1 Å². The van der Waals surface area contributed by atoms with Crippen molar-refractivity contribution in [2.75, 3.05) is 14.2 Å². The van der Waals surface area contributed by atoms with Gasteiger partial charge in [0.25, 0.3) is 0 Å². The van der Waals surface area contributed by atoms with Crippen LogP contribution in [0.15, 0.2) is 84.9 Å². The van der Waals surface area contributed by atoms with Crippen molar-refractivity contribution in [2.24, 2.45) is 0 Å². The number of likely N-dealkylation sites (N-methyl/N-ethyl adjacent to an activating group) is 1. The van der Waals surface area contributed by atoms with Gasteiger partial charge in [-0.3, -0.25) is 9.69 Å². The van der Waals surface area contributed by atoms with Crippen LogP contribution in [0, 0.1) is 0 Å². The fraction of sp³-hybridized carbons (Fsp3) is 0.276. The molecular weight excluding hydrogens is 472 g/mol. The van der Waals surface area contributed by atoms with Gasteiger partial charge in [0.2, 0.25) is 5.91 Å². The van der Waals surface area contributed by atoms with E-state index in [0.717, 1.165) is 16.7 Å². The van der Waals surface area contributed by atoms with E-state index >= 15 is 0 Å². The zero-order chi connectivity index (χ0) is 26.6. The van der Waals surface area contributed by atoms with Gasteiger partial charge in [-0.2, -0.15) is 0 Å². The Hall–Kier alpha value is -4.33. The van der Waals surface area contributed by atoms with Crippen molar-refractivity contribution in [1.29, 1.82) is 0 Å². The summed E-state index contributed by atoms with van der Waals surface area (Å²) >= 11 is 0. The average Bonchev–Trinajstić information content (AvgIpc) is 2.94. The molecule has 0 aliphatic rings. The summed E-state index contributed by atoms with van der Waals surface area (Å²) in [5.41, 5.74) is 2.69. The maximum atomic E-state index is 13.1. The van der Waals surface area contributed by atoms with Gasteiger partial charge >= 0.3 is 12.1 Å². The molecule has 0 fully saturated rings. The summed E-state index contributed by atoms with van der Waals surface area (Å²) in [4.78, 5) is 39.0. The number of hydrogen-bond acceptors (Lipinski definition) is 6. The number of carbonyl (C=O) groups is 3. The lowest BCUT2D eigenvalue weighted by Crippen LogP contribution is -2.52. The van der Waals surface area contributed by atoms with Crippen molar-refractivity contribution < 1.29 is 28.6 Å². The summed E-state index contributed by atoms with van der Waals surface area (Å²) in [7, 11) is 2.74. The number of nitrogens with one attached hydrogen (secondary N) is 1. The highest BCUT2D eigenvalue weighted by atomic mass is 16.6. The molecule has 0 aliphatic heterocycles. The van der Waals surface area contributed by atoms with E-state index in [1.54, 1.807) is 0 Å². The second-order valence-electron chi connectivity index (χ2n) is 8.54. The molecule has 37 heavy (non-hydrogen) atoms. The van der Waals surface area contributed by atoms with Gasteiger partial charge in [-0.25, -0.2) is 9.59 Å². The first-order valence-electron chi connectivity index (χ1n) is 11.9. The first-order valence-corrected chi connectivity index (χ1v) is 11.9. The second-order valence-corrected chi connectivity index (χ2v) is 8.54. The van der Waals surface area contributed by atoms with E-state index in [1.807, 2.05) is 84.9 Å². The minimum absolute atomic E-state index is 0.0738. The molecule has 0 saturated carbocycles. The minimum Gasteiger partial charge on any atom is -0.489 e. The zero-order valence-corrected chi connectivity index (χ0v) is 21.3. The monoisotopic (exact) mass is 504 g/mol. The topological polar surface area (TPSA) is 94.2 Å². The van der Waals surface area contributed by atoms with E-state index < -0.39 is 30.1 Å². The predicted molar refractivity (Wildman–Crippen MR) is 139 cm³/mol. The van der Waals surface area contributed by atoms with Gasteiger partial charge in [0.1, 0.15) is 31.0 Å². The fourth-order valence-electron chi connectivity index (χ4n) is 3.59. The molecule has 0 spiro atoms. The first-order chi connectivity index (χ1) is 17.9. The van der Waals surface area contributed by atoms with Gasteiger partial charge in [0.15, 0.2) is 0 Å². The molecule has 0 unspecified atom stereocenters. The molecule has 2 atom stereocenters. The Morgan fingerprint density at radius 2 is 1.38 bits per heavy atom. The molecule has 0 radical (unpaired) electrons. The molecule has 0 heterocycles. The molecule has 0 saturated heterocycles. The second kappa shape index (κ2) is 13.7. The molecule has 0 bridgehead atoms. The van der Waals surface area contributed by atoms with Crippen LogP contribution in [0.25, 0.3) is 0 Å². The Kier molecular flexibility index (Phi) is 10.1. The largest absolute Gasteiger partial charge is 0.489 e. The quantitative estimate of drug-likeness (QED) is 0.395. The highest BCUT2D eigenvalue weighted by Gasteiger charge is 2.30. The maximum Gasteiger partial charge on any atom is 0.410 e. The first kappa shape index (κ1) is 27.3. The molecule has 3 aromatic rings. The number of carbonyl (C=O) groups excluding carboxylic acids is 3. The lowest BCUT2D eigenvalue weighted by Gasteiger charge is -2.28. The number of benzene rings is 3. The smallest absolute Gasteiger partial charge is 0.410 e. The zero-order valence-electron chi connectivity index (χ0n) is 21.3. The Labute approximate surface area is 217 Å². The normalized spacial score (nSPS) is 12.1. The molecule has 0 aliphatic carbocycles. The lowest BCUT2D eigenvalue weighted by molar-refractivity contribution is -0.145. The molecule has 8 heteroatoms. The third-order valence-corrected chi connectivity index (χ3v) is 5.78. The average molecular weight is 505 g/mol. The molecule has 8 nitrogen and oxygen atoms in total. The number of esters is 1. The van der Waals surface area contributed by atoms with Crippen molar-refractivity contribution in [3.63, 3.8) is 0 Å². The number of ether oxygens (including phenoxy) is 3. The van der Waals surface area contributed by atoms with Crippen LogP contribution in [0.2, 0.25) is 0 Å².